The third-order valence-corrected chi connectivity index (χ3v) is 2.87. The summed E-state index contributed by atoms with van der Waals surface area (Å²) in [5, 5.41) is 21.5. The van der Waals surface area contributed by atoms with Crippen LogP contribution in [0.15, 0.2) is 30.3 Å². The Morgan fingerprint density at radius 3 is 2.38 bits per heavy atom. The van der Waals surface area contributed by atoms with E-state index in [2.05, 4.69) is 5.32 Å². The van der Waals surface area contributed by atoms with Crippen LogP contribution in [0.1, 0.15) is 5.56 Å². The summed E-state index contributed by atoms with van der Waals surface area (Å²) in [7, 11) is 2.69. The molecule has 21 heavy (non-hydrogen) atoms. The maximum atomic E-state index is 11.7. The van der Waals surface area contributed by atoms with E-state index >= 15 is 0 Å². The van der Waals surface area contributed by atoms with Gasteiger partial charge in [0.1, 0.15) is 12.7 Å². The van der Waals surface area contributed by atoms with E-state index in [9.17, 15) is 15.0 Å². The SMILES string of the molecule is COC(OC)[C@H](O)[C@H](CO)NC(=O)OCc1ccccc1. The number of amides is 1. The van der Waals surface area contributed by atoms with Crippen molar-refractivity contribution < 1.29 is 29.2 Å². The predicted octanol–water partition coefficient (Wildman–Crippen LogP) is 0.253. The maximum Gasteiger partial charge on any atom is 0.407 e. The van der Waals surface area contributed by atoms with Gasteiger partial charge in [-0.1, -0.05) is 30.3 Å². The molecule has 1 aromatic rings. The van der Waals surface area contributed by atoms with E-state index in [-0.39, 0.29) is 6.61 Å². The first kappa shape index (κ1) is 17.4. The molecule has 0 aliphatic rings. The number of rotatable bonds is 8. The number of carbonyl (C=O) groups excluding carboxylic acids is 1. The fraction of sp³-hybridized carbons (Fsp3) is 0.500. The Labute approximate surface area is 123 Å². The highest BCUT2D eigenvalue weighted by Gasteiger charge is 2.29. The van der Waals surface area contributed by atoms with Gasteiger partial charge < -0.3 is 29.7 Å². The number of hydrogen-bond donors (Lipinski definition) is 3. The molecule has 1 rings (SSSR count). The van der Waals surface area contributed by atoms with Gasteiger partial charge in [-0.05, 0) is 5.56 Å². The summed E-state index contributed by atoms with van der Waals surface area (Å²) in [6.07, 6.45) is -2.94. The minimum atomic E-state index is -1.23. The number of hydrogen-bond acceptors (Lipinski definition) is 6. The number of ether oxygens (including phenoxy) is 3. The van der Waals surface area contributed by atoms with E-state index in [1.54, 1.807) is 0 Å². The van der Waals surface area contributed by atoms with Crippen LogP contribution in [0.3, 0.4) is 0 Å². The molecule has 1 amide bonds. The van der Waals surface area contributed by atoms with E-state index in [0.29, 0.717) is 0 Å². The third-order valence-electron chi connectivity index (χ3n) is 2.87. The van der Waals surface area contributed by atoms with Crippen molar-refractivity contribution in [2.75, 3.05) is 20.8 Å². The Morgan fingerprint density at radius 2 is 1.86 bits per heavy atom. The largest absolute Gasteiger partial charge is 0.445 e. The zero-order chi connectivity index (χ0) is 15.7. The molecule has 0 spiro atoms. The molecule has 7 nitrogen and oxygen atoms in total. The smallest absolute Gasteiger partial charge is 0.407 e. The van der Waals surface area contributed by atoms with Crippen LogP contribution < -0.4 is 5.32 Å². The maximum absolute atomic E-state index is 11.7. The number of alkyl carbamates (subject to hydrolysis) is 1. The van der Waals surface area contributed by atoms with Gasteiger partial charge in [0.25, 0.3) is 0 Å². The first-order valence-corrected chi connectivity index (χ1v) is 6.44. The van der Waals surface area contributed by atoms with Crippen molar-refractivity contribution in [3.63, 3.8) is 0 Å². The van der Waals surface area contributed by atoms with Crippen LogP contribution in [0.5, 0.6) is 0 Å². The van der Waals surface area contributed by atoms with Crippen molar-refractivity contribution in [2.24, 2.45) is 0 Å². The Balaban J connectivity index is 2.47. The molecular formula is C14H21NO6. The Kier molecular flexibility index (Phi) is 7.70. The Bertz CT molecular complexity index is 409. The first-order chi connectivity index (χ1) is 10.1. The van der Waals surface area contributed by atoms with Crippen molar-refractivity contribution in [1.29, 1.82) is 0 Å². The molecule has 0 aliphatic heterocycles. The number of methoxy groups -OCH3 is 2. The van der Waals surface area contributed by atoms with E-state index in [0.717, 1.165) is 5.56 Å². The van der Waals surface area contributed by atoms with Gasteiger partial charge in [0.2, 0.25) is 0 Å². The molecular weight excluding hydrogens is 278 g/mol. The van der Waals surface area contributed by atoms with Crippen LogP contribution in [0.2, 0.25) is 0 Å². The standard InChI is InChI=1S/C14H21NO6/c1-19-13(20-2)12(17)11(8-16)15-14(18)21-9-10-6-4-3-5-7-10/h3-7,11-13,16-17H,8-9H2,1-2H3,(H,15,18)/t11-,12+/m0/s1. The molecule has 118 valence electrons. The quantitative estimate of drug-likeness (QED) is 0.596. The number of aliphatic hydroxyl groups is 2. The number of aliphatic hydroxyl groups excluding tert-OH is 2. The summed E-state index contributed by atoms with van der Waals surface area (Å²) in [6, 6.07) is 8.20. The lowest BCUT2D eigenvalue weighted by Gasteiger charge is -2.27. The lowest BCUT2D eigenvalue weighted by atomic mass is 10.1. The molecule has 0 bridgehead atoms. The van der Waals surface area contributed by atoms with Gasteiger partial charge in [0.15, 0.2) is 6.29 Å². The van der Waals surface area contributed by atoms with Crippen LogP contribution >= 0.6 is 0 Å². The second-order valence-electron chi connectivity index (χ2n) is 4.33. The predicted molar refractivity (Wildman–Crippen MR) is 74.4 cm³/mol. The van der Waals surface area contributed by atoms with Gasteiger partial charge in [0.05, 0.1) is 12.6 Å². The highest BCUT2D eigenvalue weighted by atomic mass is 16.7. The molecule has 0 heterocycles. The molecule has 0 fully saturated rings. The summed E-state index contributed by atoms with van der Waals surface area (Å²) in [4.78, 5) is 11.7. The van der Waals surface area contributed by atoms with E-state index in [4.69, 9.17) is 14.2 Å². The summed E-state index contributed by atoms with van der Waals surface area (Å²) in [6.45, 7) is -0.385. The van der Waals surface area contributed by atoms with E-state index < -0.39 is 31.1 Å². The summed E-state index contributed by atoms with van der Waals surface area (Å²) >= 11 is 0. The molecule has 3 N–H and O–H groups in total. The highest BCUT2D eigenvalue weighted by Crippen LogP contribution is 2.06. The average Bonchev–Trinajstić information content (AvgIpc) is 2.52. The fourth-order valence-corrected chi connectivity index (χ4v) is 1.72. The Morgan fingerprint density at radius 1 is 1.24 bits per heavy atom. The second-order valence-corrected chi connectivity index (χ2v) is 4.33. The van der Waals surface area contributed by atoms with Crippen LogP contribution in [0.4, 0.5) is 4.79 Å². The zero-order valence-corrected chi connectivity index (χ0v) is 12.1. The number of nitrogens with one attached hydrogen (secondary N) is 1. The number of carbonyl (C=O) groups is 1. The summed E-state index contributed by atoms with van der Waals surface area (Å²) in [5.41, 5.74) is 0.834. The summed E-state index contributed by atoms with van der Waals surface area (Å²) < 4.78 is 14.8. The summed E-state index contributed by atoms with van der Waals surface area (Å²) in [5.74, 6) is 0. The van der Waals surface area contributed by atoms with Crippen molar-refractivity contribution in [3.05, 3.63) is 35.9 Å². The van der Waals surface area contributed by atoms with Crippen molar-refractivity contribution in [1.82, 2.24) is 5.32 Å². The average molecular weight is 299 g/mol. The molecule has 7 heteroatoms. The molecule has 0 unspecified atom stereocenters. The van der Waals surface area contributed by atoms with Crippen molar-refractivity contribution in [3.8, 4) is 0 Å². The molecule has 0 saturated carbocycles. The van der Waals surface area contributed by atoms with Crippen molar-refractivity contribution >= 4 is 6.09 Å². The van der Waals surface area contributed by atoms with Crippen LogP contribution in [0.25, 0.3) is 0 Å². The minimum Gasteiger partial charge on any atom is -0.445 e. The van der Waals surface area contributed by atoms with Crippen LogP contribution in [0, 0.1) is 0 Å². The number of benzene rings is 1. The molecule has 0 aliphatic carbocycles. The van der Waals surface area contributed by atoms with Gasteiger partial charge in [-0.3, -0.25) is 0 Å². The molecule has 0 aromatic heterocycles. The fourth-order valence-electron chi connectivity index (χ4n) is 1.72. The normalized spacial score (nSPS) is 13.8. The van der Waals surface area contributed by atoms with Crippen molar-refractivity contribution in [2.45, 2.75) is 25.0 Å². The second kappa shape index (κ2) is 9.30. The zero-order valence-electron chi connectivity index (χ0n) is 12.1. The van der Waals surface area contributed by atoms with Crippen LogP contribution in [-0.4, -0.2) is 55.6 Å². The van der Waals surface area contributed by atoms with E-state index in [1.165, 1.54) is 14.2 Å². The van der Waals surface area contributed by atoms with Gasteiger partial charge in [0, 0.05) is 14.2 Å². The topological polar surface area (TPSA) is 97.3 Å². The molecule has 0 saturated heterocycles. The minimum absolute atomic E-state index is 0.0961. The lowest BCUT2D eigenvalue weighted by molar-refractivity contribution is -0.174. The molecule has 0 radical (unpaired) electrons. The monoisotopic (exact) mass is 299 g/mol. The Hall–Kier alpha value is -1.67. The van der Waals surface area contributed by atoms with E-state index in [1.807, 2.05) is 30.3 Å². The first-order valence-electron chi connectivity index (χ1n) is 6.44. The van der Waals surface area contributed by atoms with Gasteiger partial charge in [-0.2, -0.15) is 0 Å². The van der Waals surface area contributed by atoms with Gasteiger partial charge >= 0.3 is 6.09 Å². The molecule has 1 aromatic carbocycles. The highest BCUT2D eigenvalue weighted by molar-refractivity contribution is 5.67. The van der Waals surface area contributed by atoms with Crippen LogP contribution in [-0.2, 0) is 20.8 Å². The lowest BCUT2D eigenvalue weighted by Crippen LogP contribution is -2.51. The third kappa shape index (κ3) is 5.68. The van der Waals surface area contributed by atoms with Gasteiger partial charge in [-0.25, -0.2) is 4.79 Å². The molecule has 2 atom stereocenters. The van der Waals surface area contributed by atoms with Gasteiger partial charge in [-0.15, -0.1) is 0 Å².